The molecule has 0 bridgehead atoms. The highest BCUT2D eigenvalue weighted by Crippen LogP contribution is 2.27. The highest BCUT2D eigenvalue weighted by molar-refractivity contribution is 9.10. The van der Waals surface area contributed by atoms with Gasteiger partial charge in [-0.2, -0.15) is 0 Å². The maximum Gasteiger partial charge on any atom is 0.310 e. The van der Waals surface area contributed by atoms with Crippen molar-refractivity contribution in [1.29, 1.82) is 0 Å². The van der Waals surface area contributed by atoms with Crippen LogP contribution in [0.4, 0.5) is 0 Å². The molecule has 0 spiro atoms. The molecule has 0 aromatic heterocycles. The van der Waals surface area contributed by atoms with Crippen LogP contribution < -0.4 is 0 Å². The van der Waals surface area contributed by atoms with Crippen LogP contribution in [0, 0.1) is 0 Å². The van der Waals surface area contributed by atoms with Crippen LogP contribution in [-0.4, -0.2) is 13.1 Å². The Hall–Kier alpha value is -0.250. The Balaban J connectivity index is 3.09. The van der Waals surface area contributed by atoms with Crippen molar-refractivity contribution in [2.75, 3.05) is 7.11 Å². The molecule has 1 rings (SSSR count). The van der Waals surface area contributed by atoms with Gasteiger partial charge in [0.15, 0.2) is 0 Å². The van der Waals surface area contributed by atoms with Gasteiger partial charge in [-0.1, -0.05) is 27.5 Å². The first-order valence-electron chi connectivity index (χ1n) is 4.18. The van der Waals surface area contributed by atoms with Crippen molar-refractivity contribution in [3.8, 4) is 0 Å². The summed E-state index contributed by atoms with van der Waals surface area (Å²) in [5, 5.41) is 0.589. The van der Waals surface area contributed by atoms with E-state index in [1.165, 1.54) is 7.11 Å². The topological polar surface area (TPSA) is 26.3 Å². The molecule has 0 aliphatic heterocycles. The van der Waals surface area contributed by atoms with Crippen LogP contribution in [0.3, 0.4) is 0 Å². The average Bonchev–Trinajstić information content (AvgIpc) is 2.21. The number of carbonyl (C=O) groups is 1. The molecule has 1 aromatic carbocycles. The summed E-state index contributed by atoms with van der Waals surface area (Å²) < 4.78 is 5.38. The lowest BCUT2D eigenvalue weighted by Gasteiger charge is -2.09. The largest absolute Gasteiger partial charge is 0.469 e. The van der Waals surface area contributed by atoms with Gasteiger partial charge >= 0.3 is 5.97 Å². The van der Waals surface area contributed by atoms with Gasteiger partial charge < -0.3 is 4.74 Å². The first-order valence-corrected chi connectivity index (χ1v) is 5.88. The van der Waals surface area contributed by atoms with Crippen LogP contribution in [0.5, 0.6) is 0 Å². The minimum atomic E-state index is -0.301. The third-order valence-corrected chi connectivity index (χ3v) is 3.16. The molecule has 0 aliphatic carbocycles. The van der Waals surface area contributed by atoms with E-state index >= 15 is 0 Å². The molecule has 15 heavy (non-hydrogen) atoms. The SMILES string of the molecule is COC(=O)Cc1c(Br)cc(Cl)cc1CCl. The smallest absolute Gasteiger partial charge is 0.310 e. The Morgan fingerprint density at radius 2 is 2.20 bits per heavy atom. The van der Waals surface area contributed by atoms with Gasteiger partial charge in [0.25, 0.3) is 0 Å². The third kappa shape index (κ3) is 3.37. The van der Waals surface area contributed by atoms with E-state index in [1.807, 2.05) is 0 Å². The summed E-state index contributed by atoms with van der Waals surface area (Å²) in [6.45, 7) is 0. The lowest BCUT2D eigenvalue weighted by molar-refractivity contribution is -0.139. The van der Waals surface area contributed by atoms with E-state index in [0.29, 0.717) is 10.9 Å². The standard InChI is InChI=1S/C10H9BrCl2O2/c1-15-10(14)4-8-6(5-12)2-7(13)3-9(8)11/h2-3H,4-5H2,1H3. The normalized spacial score (nSPS) is 10.1. The maximum absolute atomic E-state index is 11.2. The number of benzene rings is 1. The number of hydrogen-bond donors (Lipinski definition) is 0. The fourth-order valence-corrected chi connectivity index (χ4v) is 2.44. The van der Waals surface area contributed by atoms with Crippen molar-refractivity contribution in [1.82, 2.24) is 0 Å². The Kier molecular flexibility index (Phi) is 4.90. The van der Waals surface area contributed by atoms with Crippen molar-refractivity contribution in [2.45, 2.75) is 12.3 Å². The summed E-state index contributed by atoms with van der Waals surface area (Å²) in [6.07, 6.45) is 0.191. The van der Waals surface area contributed by atoms with Crippen LogP contribution in [0.1, 0.15) is 11.1 Å². The summed E-state index contributed by atoms with van der Waals surface area (Å²) in [6, 6.07) is 3.48. The summed E-state index contributed by atoms with van der Waals surface area (Å²) in [7, 11) is 1.35. The van der Waals surface area contributed by atoms with Crippen LogP contribution in [0.25, 0.3) is 0 Å². The Labute approximate surface area is 107 Å². The van der Waals surface area contributed by atoms with E-state index < -0.39 is 0 Å². The number of rotatable bonds is 3. The highest BCUT2D eigenvalue weighted by atomic mass is 79.9. The van der Waals surface area contributed by atoms with Crippen molar-refractivity contribution in [3.05, 3.63) is 32.8 Å². The monoisotopic (exact) mass is 310 g/mol. The quantitative estimate of drug-likeness (QED) is 0.630. The molecular formula is C10H9BrCl2O2. The molecule has 0 heterocycles. The number of halogens is 3. The fourth-order valence-electron chi connectivity index (χ4n) is 1.19. The highest BCUT2D eigenvalue weighted by Gasteiger charge is 2.12. The van der Waals surface area contributed by atoms with Crippen molar-refractivity contribution in [3.63, 3.8) is 0 Å². The van der Waals surface area contributed by atoms with E-state index in [4.69, 9.17) is 23.2 Å². The number of alkyl halides is 1. The molecule has 0 fully saturated rings. The summed E-state index contributed by atoms with van der Waals surface area (Å²) in [5.74, 6) is 0.00951. The third-order valence-electron chi connectivity index (χ3n) is 1.95. The van der Waals surface area contributed by atoms with Crippen molar-refractivity contribution >= 4 is 45.1 Å². The van der Waals surface area contributed by atoms with E-state index in [-0.39, 0.29) is 12.4 Å². The molecule has 82 valence electrons. The molecule has 2 nitrogen and oxygen atoms in total. The lowest BCUT2D eigenvalue weighted by atomic mass is 10.1. The minimum absolute atomic E-state index is 0.191. The summed E-state index contributed by atoms with van der Waals surface area (Å²) in [5.41, 5.74) is 1.66. The molecule has 0 atom stereocenters. The van der Waals surface area contributed by atoms with Crippen LogP contribution in [-0.2, 0) is 21.8 Å². The minimum Gasteiger partial charge on any atom is -0.469 e. The summed E-state index contributed by atoms with van der Waals surface area (Å²) >= 11 is 15.0. The molecule has 0 aliphatic rings. The van der Waals surface area contributed by atoms with Gasteiger partial charge in [-0.05, 0) is 23.3 Å². The molecular weight excluding hydrogens is 303 g/mol. The zero-order chi connectivity index (χ0) is 11.4. The zero-order valence-corrected chi connectivity index (χ0v) is 11.1. The number of ether oxygens (including phenoxy) is 1. The van der Waals surface area contributed by atoms with Crippen molar-refractivity contribution < 1.29 is 9.53 Å². The van der Waals surface area contributed by atoms with Crippen LogP contribution in [0.2, 0.25) is 5.02 Å². The summed E-state index contributed by atoms with van der Waals surface area (Å²) in [4.78, 5) is 11.2. The van der Waals surface area contributed by atoms with Crippen LogP contribution >= 0.6 is 39.1 Å². The van der Waals surface area contributed by atoms with E-state index in [9.17, 15) is 4.79 Å². The van der Waals surface area contributed by atoms with Crippen molar-refractivity contribution in [2.24, 2.45) is 0 Å². The van der Waals surface area contributed by atoms with Gasteiger partial charge in [-0.15, -0.1) is 11.6 Å². The number of carbonyl (C=O) groups excluding carboxylic acids is 1. The number of hydrogen-bond acceptors (Lipinski definition) is 2. The van der Waals surface area contributed by atoms with Gasteiger partial charge in [-0.3, -0.25) is 4.79 Å². The first kappa shape index (κ1) is 12.8. The van der Waals surface area contributed by atoms with E-state index in [2.05, 4.69) is 20.7 Å². The lowest BCUT2D eigenvalue weighted by Crippen LogP contribution is -2.07. The van der Waals surface area contributed by atoms with Gasteiger partial charge in [0.1, 0.15) is 0 Å². The molecule has 0 radical (unpaired) electrons. The van der Waals surface area contributed by atoms with E-state index in [1.54, 1.807) is 12.1 Å². The van der Waals surface area contributed by atoms with Gasteiger partial charge in [-0.25, -0.2) is 0 Å². The molecule has 0 N–H and O–H groups in total. The second-order valence-corrected chi connectivity index (χ2v) is 4.47. The number of methoxy groups -OCH3 is 1. The molecule has 0 unspecified atom stereocenters. The maximum atomic E-state index is 11.2. The number of esters is 1. The van der Waals surface area contributed by atoms with E-state index in [0.717, 1.165) is 15.6 Å². The predicted octanol–water partition coefficient (Wildman–Crippen LogP) is 3.56. The van der Waals surface area contributed by atoms with Gasteiger partial charge in [0.05, 0.1) is 13.5 Å². The van der Waals surface area contributed by atoms with Gasteiger partial charge in [0, 0.05) is 15.4 Å². The first-order chi connectivity index (χ1) is 7.08. The van der Waals surface area contributed by atoms with Crippen LogP contribution in [0.15, 0.2) is 16.6 Å². The molecule has 1 aromatic rings. The zero-order valence-electron chi connectivity index (χ0n) is 8.02. The fraction of sp³-hybridized carbons (Fsp3) is 0.300. The Morgan fingerprint density at radius 1 is 1.53 bits per heavy atom. The second kappa shape index (κ2) is 5.73. The molecule has 0 saturated carbocycles. The average molecular weight is 312 g/mol. The predicted molar refractivity (Wildman–Crippen MR) is 64.4 cm³/mol. The molecule has 0 saturated heterocycles. The second-order valence-electron chi connectivity index (χ2n) is 2.91. The Bertz CT molecular complexity index is 380. The molecule has 5 heteroatoms. The molecule has 0 amide bonds. The Morgan fingerprint density at radius 3 is 2.73 bits per heavy atom. The van der Waals surface area contributed by atoms with Gasteiger partial charge in [0.2, 0.25) is 0 Å².